The fourth-order valence-corrected chi connectivity index (χ4v) is 10.3. The van der Waals surface area contributed by atoms with Crippen molar-refractivity contribution in [2.75, 3.05) is 0 Å². The molecule has 0 unspecified atom stereocenters. The lowest BCUT2D eigenvalue weighted by Gasteiger charge is -2.24. The van der Waals surface area contributed by atoms with Gasteiger partial charge < -0.3 is 17.7 Å². The lowest BCUT2D eigenvalue weighted by Crippen LogP contribution is -2.17. The minimum Gasteiger partial charge on any atom is -0.456 e. The van der Waals surface area contributed by atoms with E-state index < -0.39 is 0 Å². The average molecular weight is 723 g/mol. The third-order valence-electron chi connectivity index (χ3n) is 13.1. The molecule has 266 valence electrons. The Hall–Kier alpha value is -6.78. The van der Waals surface area contributed by atoms with Gasteiger partial charge in [0.25, 0.3) is 0 Å². The largest absolute Gasteiger partial charge is 0.456 e. The van der Waals surface area contributed by atoms with E-state index in [2.05, 4.69) is 137 Å². The number of para-hydroxylation sites is 4. The molecule has 0 N–H and O–H groups in total. The van der Waals surface area contributed by atoms with Crippen LogP contribution in [-0.4, -0.2) is 0 Å². The summed E-state index contributed by atoms with van der Waals surface area (Å²) in [5, 5.41) is 6.60. The smallest absolute Gasteiger partial charge is 0.147 e. The molecule has 0 fully saturated rings. The number of rotatable bonds is 2. The molecule has 4 nitrogen and oxygen atoms in total. The zero-order valence-electron chi connectivity index (χ0n) is 31.3. The van der Waals surface area contributed by atoms with Crippen molar-refractivity contribution in [1.82, 2.24) is 0 Å². The van der Waals surface area contributed by atoms with Crippen molar-refractivity contribution in [3.63, 3.8) is 0 Å². The lowest BCUT2D eigenvalue weighted by molar-refractivity contribution is 0.624. The molecule has 13 rings (SSSR count). The predicted octanol–water partition coefficient (Wildman–Crippen LogP) is 14.9. The van der Waals surface area contributed by atoms with Gasteiger partial charge in [-0.25, -0.2) is 0 Å². The van der Waals surface area contributed by atoms with Crippen LogP contribution in [0.3, 0.4) is 0 Å². The van der Waals surface area contributed by atoms with Gasteiger partial charge in [0.2, 0.25) is 0 Å². The maximum Gasteiger partial charge on any atom is 0.147 e. The minimum absolute atomic E-state index is 0.318. The van der Waals surface area contributed by atoms with Gasteiger partial charge in [-0.1, -0.05) is 100 Å². The summed E-state index contributed by atoms with van der Waals surface area (Å²) in [4.78, 5) is 0. The Morgan fingerprint density at radius 3 is 1.41 bits per heavy atom. The molecule has 0 amide bonds. The third-order valence-corrected chi connectivity index (χ3v) is 13.1. The summed E-state index contributed by atoms with van der Waals surface area (Å²) in [7, 11) is 0. The Bertz CT molecular complexity index is 3470. The fraction of sp³-hybridized carbons (Fsp3) is 0.115. The molecule has 56 heavy (non-hydrogen) atoms. The van der Waals surface area contributed by atoms with Gasteiger partial charge in [0.15, 0.2) is 0 Å². The zero-order chi connectivity index (χ0) is 37.2. The second-order valence-electron chi connectivity index (χ2n) is 16.8. The van der Waals surface area contributed by atoms with Gasteiger partial charge in [-0.05, 0) is 99.6 Å². The third kappa shape index (κ3) is 3.70. The van der Waals surface area contributed by atoms with E-state index in [-0.39, 0.29) is 10.8 Å². The lowest BCUT2D eigenvalue weighted by atomic mass is 9.79. The second kappa shape index (κ2) is 10.1. The highest BCUT2D eigenvalue weighted by Gasteiger charge is 2.45. The van der Waals surface area contributed by atoms with Crippen LogP contribution in [0, 0.1) is 0 Å². The predicted molar refractivity (Wildman–Crippen MR) is 227 cm³/mol. The Labute approximate surface area is 321 Å². The molecule has 0 spiro atoms. The molecule has 2 aliphatic carbocycles. The van der Waals surface area contributed by atoms with Gasteiger partial charge in [-0.3, -0.25) is 0 Å². The van der Waals surface area contributed by atoms with Crippen LogP contribution >= 0.6 is 0 Å². The first-order chi connectivity index (χ1) is 27.3. The van der Waals surface area contributed by atoms with Gasteiger partial charge >= 0.3 is 0 Å². The molecule has 0 saturated carbocycles. The molecule has 11 aromatic rings. The van der Waals surface area contributed by atoms with E-state index in [1.165, 1.54) is 44.5 Å². The summed E-state index contributed by atoms with van der Waals surface area (Å²) in [6, 6.07) is 47.2. The summed E-state index contributed by atoms with van der Waals surface area (Å²) in [6.07, 6.45) is 0. The van der Waals surface area contributed by atoms with Crippen LogP contribution in [0.2, 0.25) is 0 Å². The van der Waals surface area contributed by atoms with Gasteiger partial charge in [-0.15, -0.1) is 0 Å². The fourth-order valence-electron chi connectivity index (χ4n) is 10.3. The first-order valence-corrected chi connectivity index (χ1v) is 19.4. The van der Waals surface area contributed by atoms with E-state index in [0.717, 1.165) is 88.5 Å². The highest BCUT2D eigenvalue weighted by Crippen LogP contribution is 2.61. The molecular formula is C52H34O4. The van der Waals surface area contributed by atoms with Crippen LogP contribution in [0.25, 0.3) is 111 Å². The SMILES string of the molecule is CC1(C)c2cc3c(cc2-c2c1cc(-c1cc4ccccc4o1)c1c2oc2ccccc21)C(C)(C)c1cc(-c2cc4ccccc4o2)c2oc4ccccc4c2c1-3. The van der Waals surface area contributed by atoms with Crippen LogP contribution < -0.4 is 0 Å². The van der Waals surface area contributed by atoms with E-state index in [1.807, 2.05) is 24.3 Å². The van der Waals surface area contributed by atoms with Crippen molar-refractivity contribution in [3.05, 3.63) is 156 Å². The Balaban J connectivity index is 1.11. The first kappa shape index (κ1) is 30.5. The topological polar surface area (TPSA) is 52.6 Å². The molecular weight excluding hydrogens is 689 g/mol. The molecule has 0 aliphatic heterocycles. The van der Waals surface area contributed by atoms with Crippen molar-refractivity contribution in [1.29, 1.82) is 0 Å². The number of fused-ring (bicyclic) bond motifs is 16. The van der Waals surface area contributed by atoms with Crippen molar-refractivity contribution < 1.29 is 17.7 Å². The van der Waals surface area contributed by atoms with E-state index in [9.17, 15) is 0 Å². The summed E-state index contributed by atoms with van der Waals surface area (Å²) in [5.74, 6) is 1.67. The Morgan fingerprint density at radius 1 is 0.357 bits per heavy atom. The number of furan rings is 4. The maximum atomic E-state index is 6.94. The van der Waals surface area contributed by atoms with Crippen LogP contribution in [0.5, 0.6) is 0 Å². The van der Waals surface area contributed by atoms with Crippen LogP contribution in [0.4, 0.5) is 0 Å². The van der Waals surface area contributed by atoms with Crippen molar-refractivity contribution >= 4 is 65.8 Å². The Morgan fingerprint density at radius 2 is 0.804 bits per heavy atom. The molecule has 4 aromatic heterocycles. The van der Waals surface area contributed by atoms with Gasteiger partial charge in [0, 0.05) is 54.3 Å². The first-order valence-electron chi connectivity index (χ1n) is 19.4. The molecule has 4 heteroatoms. The van der Waals surface area contributed by atoms with Crippen molar-refractivity contribution in [2.45, 2.75) is 38.5 Å². The molecule has 0 saturated heterocycles. The molecule has 0 bridgehead atoms. The van der Waals surface area contributed by atoms with Crippen molar-refractivity contribution in [3.8, 4) is 44.9 Å². The highest BCUT2D eigenvalue weighted by molar-refractivity contribution is 6.20. The quantitative estimate of drug-likeness (QED) is 0.178. The highest BCUT2D eigenvalue weighted by atomic mass is 16.4. The van der Waals surface area contributed by atoms with E-state index >= 15 is 0 Å². The summed E-state index contributed by atoms with van der Waals surface area (Å²) < 4.78 is 26.9. The molecule has 0 atom stereocenters. The molecule has 0 radical (unpaired) electrons. The second-order valence-corrected chi connectivity index (χ2v) is 16.8. The number of hydrogen-bond donors (Lipinski definition) is 0. The molecule has 2 aliphatic rings. The number of hydrogen-bond acceptors (Lipinski definition) is 4. The summed E-state index contributed by atoms with van der Waals surface area (Å²) in [5.41, 5.74) is 16.7. The van der Waals surface area contributed by atoms with E-state index in [0.29, 0.717) is 0 Å². The van der Waals surface area contributed by atoms with Crippen LogP contribution in [-0.2, 0) is 10.8 Å². The van der Waals surface area contributed by atoms with Crippen molar-refractivity contribution in [2.24, 2.45) is 0 Å². The summed E-state index contributed by atoms with van der Waals surface area (Å²) in [6.45, 7) is 9.44. The van der Waals surface area contributed by atoms with E-state index in [1.54, 1.807) is 0 Å². The molecule has 7 aromatic carbocycles. The monoisotopic (exact) mass is 722 g/mol. The van der Waals surface area contributed by atoms with Crippen LogP contribution in [0.15, 0.2) is 151 Å². The summed E-state index contributed by atoms with van der Waals surface area (Å²) >= 11 is 0. The normalized spacial score (nSPS) is 15.1. The molecule has 4 heterocycles. The van der Waals surface area contributed by atoms with E-state index in [4.69, 9.17) is 17.7 Å². The minimum atomic E-state index is -0.327. The van der Waals surface area contributed by atoms with Gasteiger partial charge in [0.1, 0.15) is 45.0 Å². The Kier molecular flexibility index (Phi) is 5.50. The van der Waals surface area contributed by atoms with Crippen LogP contribution in [0.1, 0.15) is 49.9 Å². The standard InChI is InChI=1S/C52H34O4/c1-51(2)35-24-32-36(23-31(35)46-37(51)26-34(44-22-28-14-6-10-18-40(28)54-44)49-48(46)30-16-8-12-20-42(30)55-49)52(3,4)38-25-33(43-21-27-13-5-9-17-39(27)53-43)45-29-15-7-11-19-41(29)56-50(45)47(32)38/h5-26H,1-4H3. The maximum absolute atomic E-state index is 6.94. The zero-order valence-corrected chi connectivity index (χ0v) is 31.3. The average Bonchev–Trinajstić information content (AvgIpc) is 4.05. The van der Waals surface area contributed by atoms with Gasteiger partial charge in [0.05, 0.1) is 5.56 Å². The number of benzene rings is 7. The van der Waals surface area contributed by atoms with Gasteiger partial charge in [-0.2, -0.15) is 0 Å².